The van der Waals surface area contributed by atoms with Gasteiger partial charge in [0.1, 0.15) is 0 Å². The molecule has 1 heterocycles. The molecule has 1 fully saturated rings. The number of amides is 1. The Balaban J connectivity index is 1.56. The van der Waals surface area contributed by atoms with Crippen molar-refractivity contribution in [1.29, 1.82) is 0 Å². The summed E-state index contributed by atoms with van der Waals surface area (Å²) in [7, 11) is -1.54. The van der Waals surface area contributed by atoms with Crippen LogP contribution in [0.3, 0.4) is 0 Å². The molecule has 0 spiro atoms. The Morgan fingerprint density at radius 1 is 1.21 bits per heavy atom. The number of rotatable bonds is 4. The van der Waals surface area contributed by atoms with E-state index in [1.807, 2.05) is 4.90 Å². The summed E-state index contributed by atoms with van der Waals surface area (Å²) in [5.41, 5.74) is 3.92. The predicted octanol–water partition coefficient (Wildman–Crippen LogP) is 1.60. The summed E-state index contributed by atoms with van der Waals surface area (Å²) in [5.74, 6) is 0.147. The van der Waals surface area contributed by atoms with Gasteiger partial charge in [-0.05, 0) is 48.8 Å². The van der Waals surface area contributed by atoms with Gasteiger partial charge in [-0.2, -0.15) is 0 Å². The van der Waals surface area contributed by atoms with Crippen LogP contribution in [0.25, 0.3) is 0 Å². The van der Waals surface area contributed by atoms with E-state index in [-0.39, 0.29) is 11.9 Å². The number of benzene rings is 1. The van der Waals surface area contributed by atoms with Gasteiger partial charge in [-0.15, -0.1) is 0 Å². The van der Waals surface area contributed by atoms with Crippen LogP contribution < -0.4 is 0 Å². The molecule has 0 unspecified atom stereocenters. The van der Waals surface area contributed by atoms with Gasteiger partial charge in [0, 0.05) is 26.2 Å². The van der Waals surface area contributed by atoms with Crippen molar-refractivity contribution in [3.05, 3.63) is 34.9 Å². The highest BCUT2D eigenvalue weighted by atomic mass is 32.2. The molecule has 1 saturated heterocycles. The van der Waals surface area contributed by atoms with E-state index in [9.17, 15) is 13.2 Å². The fourth-order valence-corrected chi connectivity index (χ4v) is 4.52. The highest BCUT2D eigenvalue weighted by Crippen LogP contribution is 2.24. The van der Waals surface area contributed by atoms with Crippen LogP contribution in [-0.4, -0.2) is 56.0 Å². The first-order valence-corrected chi connectivity index (χ1v) is 10.5. The second-order valence-electron chi connectivity index (χ2n) is 7.02. The van der Waals surface area contributed by atoms with E-state index in [0.29, 0.717) is 32.4 Å². The van der Waals surface area contributed by atoms with Crippen molar-refractivity contribution >= 4 is 15.9 Å². The molecule has 1 aliphatic carbocycles. The molecular formula is C18H26N2O3S. The molecule has 3 rings (SSSR count). The summed E-state index contributed by atoms with van der Waals surface area (Å²) in [4.78, 5) is 14.4. The maximum absolute atomic E-state index is 12.5. The minimum absolute atomic E-state index is 0.00374. The molecule has 0 saturated carbocycles. The minimum Gasteiger partial charge on any atom is -0.342 e. The van der Waals surface area contributed by atoms with Gasteiger partial charge in [-0.1, -0.05) is 18.2 Å². The van der Waals surface area contributed by atoms with E-state index in [1.165, 1.54) is 28.1 Å². The molecule has 1 aromatic rings. The van der Waals surface area contributed by atoms with Gasteiger partial charge in [0.2, 0.25) is 15.9 Å². The first-order valence-electron chi connectivity index (χ1n) is 8.66. The number of carbonyl (C=O) groups excluding carboxylic acids is 1. The average molecular weight is 350 g/mol. The first-order chi connectivity index (χ1) is 11.3. The maximum atomic E-state index is 12.5. The Morgan fingerprint density at radius 3 is 2.54 bits per heavy atom. The maximum Gasteiger partial charge on any atom is 0.226 e. The monoisotopic (exact) mass is 350 g/mol. The second kappa shape index (κ2) is 6.84. The van der Waals surface area contributed by atoms with Crippen LogP contribution in [0, 0.1) is 0 Å². The minimum atomic E-state index is -3.16. The molecule has 1 aromatic carbocycles. The van der Waals surface area contributed by atoms with Crippen LogP contribution >= 0.6 is 0 Å². The smallest absolute Gasteiger partial charge is 0.226 e. The fourth-order valence-electron chi connectivity index (χ4n) is 3.77. The number of likely N-dealkylation sites (tertiary alicyclic amines) is 1. The summed E-state index contributed by atoms with van der Waals surface area (Å²) in [6.07, 6.45) is 6.59. The van der Waals surface area contributed by atoms with Gasteiger partial charge >= 0.3 is 0 Å². The molecule has 0 bridgehead atoms. The molecule has 0 atom stereocenters. The number of carbonyl (C=O) groups is 1. The molecule has 132 valence electrons. The quantitative estimate of drug-likeness (QED) is 0.829. The summed E-state index contributed by atoms with van der Waals surface area (Å²) in [6.45, 7) is 1.27. The Labute approximate surface area is 144 Å². The van der Waals surface area contributed by atoms with E-state index in [4.69, 9.17) is 0 Å². The third kappa shape index (κ3) is 3.81. The summed E-state index contributed by atoms with van der Waals surface area (Å²) in [6, 6.07) is 6.43. The summed E-state index contributed by atoms with van der Waals surface area (Å²) < 4.78 is 24.7. The van der Waals surface area contributed by atoms with Gasteiger partial charge in [0.05, 0.1) is 12.7 Å². The number of nitrogens with zero attached hydrogens (tertiary/aromatic N) is 2. The number of aryl methyl sites for hydroxylation is 2. The Bertz CT molecular complexity index is 722. The lowest BCUT2D eigenvalue weighted by Gasteiger charge is -2.35. The largest absolute Gasteiger partial charge is 0.342 e. The molecule has 0 aromatic heterocycles. The molecule has 6 heteroatoms. The zero-order chi connectivity index (χ0) is 17.3. The molecule has 2 aliphatic rings. The molecule has 1 amide bonds. The second-order valence-corrected chi connectivity index (χ2v) is 9.07. The van der Waals surface area contributed by atoms with Crippen LogP contribution in [0.2, 0.25) is 0 Å². The number of fused-ring (bicyclic) bond motifs is 1. The van der Waals surface area contributed by atoms with Crippen molar-refractivity contribution in [1.82, 2.24) is 9.21 Å². The number of hydrogen-bond acceptors (Lipinski definition) is 3. The fraction of sp³-hybridized carbons (Fsp3) is 0.611. The highest BCUT2D eigenvalue weighted by Gasteiger charge is 2.29. The van der Waals surface area contributed by atoms with E-state index in [1.54, 1.807) is 7.05 Å². The SMILES string of the molecule is CN(C1CCN(C(=O)Cc2ccc3c(c2)CCC3)CC1)S(C)(=O)=O. The van der Waals surface area contributed by atoms with Crippen molar-refractivity contribution < 1.29 is 13.2 Å². The highest BCUT2D eigenvalue weighted by molar-refractivity contribution is 7.88. The van der Waals surface area contributed by atoms with Crippen LogP contribution in [0.4, 0.5) is 0 Å². The van der Waals surface area contributed by atoms with E-state index in [0.717, 1.165) is 18.4 Å². The Morgan fingerprint density at radius 2 is 1.88 bits per heavy atom. The van der Waals surface area contributed by atoms with E-state index < -0.39 is 10.0 Å². The van der Waals surface area contributed by atoms with E-state index >= 15 is 0 Å². The van der Waals surface area contributed by atoms with Crippen molar-refractivity contribution in [2.45, 2.75) is 44.6 Å². The summed E-state index contributed by atoms with van der Waals surface area (Å²) in [5, 5.41) is 0. The lowest BCUT2D eigenvalue weighted by Crippen LogP contribution is -2.47. The summed E-state index contributed by atoms with van der Waals surface area (Å²) >= 11 is 0. The topological polar surface area (TPSA) is 57.7 Å². The molecule has 1 aliphatic heterocycles. The van der Waals surface area contributed by atoms with Crippen LogP contribution in [0.1, 0.15) is 36.0 Å². The van der Waals surface area contributed by atoms with E-state index in [2.05, 4.69) is 18.2 Å². The lowest BCUT2D eigenvalue weighted by molar-refractivity contribution is -0.131. The number of sulfonamides is 1. The third-order valence-electron chi connectivity index (χ3n) is 5.37. The average Bonchev–Trinajstić information content (AvgIpc) is 3.01. The third-order valence-corrected chi connectivity index (χ3v) is 6.72. The van der Waals surface area contributed by atoms with Crippen LogP contribution in [-0.2, 0) is 34.1 Å². The normalized spacial score (nSPS) is 18.9. The van der Waals surface area contributed by atoms with Crippen LogP contribution in [0.5, 0.6) is 0 Å². The predicted molar refractivity (Wildman–Crippen MR) is 94.4 cm³/mol. The number of piperidine rings is 1. The molecule has 0 radical (unpaired) electrons. The Kier molecular flexibility index (Phi) is 4.97. The van der Waals surface area contributed by atoms with Gasteiger partial charge in [-0.25, -0.2) is 12.7 Å². The molecule has 24 heavy (non-hydrogen) atoms. The zero-order valence-corrected chi connectivity index (χ0v) is 15.3. The Hall–Kier alpha value is -1.40. The van der Waals surface area contributed by atoms with Gasteiger partial charge in [0.25, 0.3) is 0 Å². The van der Waals surface area contributed by atoms with Gasteiger partial charge in [-0.3, -0.25) is 4.79 Å². The van der Waals surface area contributed by atoms with Crippen LogP contribution in [0.15, 0.2) is 18.2 Å². The van der Waals surface area contributed by atoms with Crippen molar-refractivity contribution in [2.24, 2.45) is 0 Å². The number of hydrogen-bond donors (Lipinski definition) is 0. The van der Waals surface area contributed by atoms with Gasteiger partial charge in [0.15, 0.2) is 0 Å². The van der Waals surface area contributed by atoms with Crippen molar-refractivity contribution in [2.75, 3.05) is 26.4 Å². The lowest BCUT2D eigenvalue weighted by atomic mass is 10.0. The standard InChI is InChI=1S/C18H26N2O3S/c1-19(24(2,22)23)17-8-10-20(11-9-17)18(21)13-14-6-7-15-4-3-5-16(15)12-14/h6-7,12,17H,3-5,8-11,13H2,1-2H3. The molecule has 5 nitrogen and oxygen atoms in total. The first kappa shape index (κ1) is 17.4. The van der Waals surface area contributed by atoms with Gasteiger partial charge < -0.3 is 4.90 Å². The van der Waals surface area contributed by atoms with Crippen molar-refractivity contribution in [3.8, 4) is 0 Å². The van der Waals surface area contributed by atoms with Crippen molar-refractivity contribution in [3.63, 3.8) is 0 Å². The molecular weight excluding hydrogens is 324 g/mol. The zero-order valence-electron chi connectivity index (χ0n) is 14.5. The molecule has 0 N–H and O–H groups in total.